The highest BCUT2D eigenvalue weighted by molar-refractivity contribution is 5.96. The summed E-state index contributed by atoms with van der Waals surface area (Å²) in [5.74, 6) is -0.0273. The lowest BCUT2D eigenvalue weighted by molar-refractivity contribution is 0.0593. The molecular formula is C16H17N3O3. The monoisotopic (exact) mass is 299 g/mol. The van der Waals surface area contributed by atoms with E-state index >= 15 is 0 Å². The van der Waals surface area contributed by atoms with Crippen molar-refractivity contribution in [2.45, 2.75) is 20.0 Å². The molecule has 0 saturated heterocycles. The van der Waals surface area contributed by atoms with E-state index in [-0.39, 0.29) is 23.0 Å². The molecule has 0 radical (unpaired) electrons. The van der Waals surface area contributed by atoms with Gasteiger partial charge in [-0.3, -0.25) is 0 Å². The molecule has 22 heavy (non-hydrogen) atoms. The van der Waals surface area contributed by atoms with Gasteiger partial charge in [-0.1, -0.05) is 12.1 Å². The maximum absolute atomic E-state index is 12.0. The third-order valence-electron chi connectivity index (χ3n) is 3.03. The fourth-order valence-corrected chi connectivity index (χ4v) is 2.11. The highest BCUT2D eigenvalue weighted by atomic mass is 16.5. The van der Waals surface area contributed by atoms with Gasteiger partial charge in [0.15, 0.2) is 5.69 Å². The molecule has 0 aliphatic rings. The molecule has 6 heteroatoms. The summed E-state index contributed by atoms with van der Waals surface area (Å²) in [5.41, 5.74) is 6.92. The molecular weight excluding hydrogens is 282 g/mol. The molecule has 1 heterocycles. The first-order valence-electron chi connectivity index (χ1n) is 6.74. The van der Waals surface area contributed by atoms with Crippen LogP contribution in [-0.2, 0) is 4.74 Å². The number of benzene rings is 1. The van der Waals surface area contributed by atoms with Gasteiger partial charge in [-0.25, -0.2) is 4.79 Å². The Balaban J connectivity index is 2.68. The van der Waals surface area contributed by atoms with Crippen LogP contribution >= 0.6 is 0 Å². The Hall–Kier alpha value is -2.94. The summed E-state index contributed by atoms with van der Waals surface area (Å²) >= 11 is 0. The average molecular weight is 299 g/mol. The minimum Gasteiger partial charge on any atom is -0.489 e. The molecule has 0 aliphatic carbocycles. The van der Waals surface area contributed by atoms with Crippen LogP contribution in [0.3, 0.4) is 0 Å². The van der Waals surface area contributed by atoms with Crippen molar-refractivity contribution in [3.8, 4) is 17.5 Å². The van der Waals surface area contributed by atoms with Crippen LogP contribution in [0.25, 0.3) is 5.69 Å². The number of rotatable bonds is 4. The standard InChI is InChI=1S/C16H17N3O3/c1-10(2)22-13-7-5-4-6-12(13)19-9-11(8-17)14(18)15(19)16(20)21-3/h4-7,9-10H,18H2,1-3H3. The van der Waals surface area contributed by atoms with Gasteiger partial charge >= 0.3 is 5.97 Å². The molecule has 6 nitrogen and oxygen atoms in total. The minimum absolute atomic E-state index is 0.0360. The fraction of sp³-hybridized carbons (Fsp3) is 0.250. The molecule has 2 N–H and O–H groups in total. The lowest BCUT2D eigenvalue weighted by atomic mass is 10.2. The second-order valence-electron chi connectivity index (χ2n) is 4.91. The van der Waals surface area contributed by atoms with Gasteiger partial charge in [-0.2, -0.15) is 5.26 Å². The quantitative estimate of drug-likeness (QED) is 0.876. The number of anilines is 1. The molecule has 2 rings (SSSR count). The number of hydrogen-bond donors (Lipinski definition) is 1. The largest absolute Gasteiger partial charge is 0.489 e. The van der Waals surface area contributed by atoms with Crippen LogP contribution in [0.15, 0.2) is 30.5 Å². The van der Waals surface area contributed by atoms with Crippen molar-refractivity contribution < 1.29 is 14.3 Å². The number of ether oxygens (including phenoxy) is 2. The highest BCUT2D eigenvalue weighted by Gasteiger charge is 2.23. The Kier molecular flexibility index (Phi) is 4.37. The lowest BCUT2D eigenvalue weighted by Gasteiger charge is -2.16. The molecule has 0 amide bonds. The molecule has 2 aromatic rings. The number of para-hydroxylation sites is 2. The fourth-order valence-electron chi connectivity index (χ4n) is 2.11. The van der Waals surface area contributed by atoms with Gasteiger partial charge in [-0.15, -0.1) is 0 Å². The second-order valence-corrected chi connectivity index (χ2v) is 4.91. The Morgan fingerprint density at radius 3 is 2.64 bits per heavy atom. The zero-order valence-corrected chi connectivity index (χ0v) is 12.7. The minimum atomic E-state index is -0.613. The van der Waals surface area contributed by atoms with Crippen molar-refractivity contribution in [2.24, 2.45) is 0 Å². The van der Waals surface area contributed by atoms with Crippen LogP contribution in [0.1, 0.15) is 29.9 Å². The number of nitrogens with zero attached hydrogens (tertiary/aromatic N) is 2. The summed E-state index contributed by atoms with van der Waals surface area (Å²) in [4.78, 5) is 12.0. The van der Waals surface area contributed by atoms with Gasteiger partial charge in [0.1, 0.15) is 11.8 Å². The SMILES string of the molecule is COC(=O)c1c(N)c(C#N)cn1-c1ccccc1OC(C)C. The van der Waals surface area contributed by atoms with E-state index in [0.29, 0.717) is 11.4 Å². The summed E-state index contributed by atoms with van der Waals surface area (Å²) < 4.78 is 12.0. The summed E-state index contributed by atoms with van der Waals surface area (Å²) in [5, 5.41) is 9.15. The summed E-state index contributed by atoms with van der Waals surface area (Å²) in [7, 11) is 1.27. The van der Waals surface area contributed by atoms with Crippen LogP contribution in [-0.4, -0.2) is 23.8 Å². The van der Waals surface area contributed by atoms with E-state index in [2.05, 4.69) is 0 Å². The number of carbonyl (C=O) groups is 1. The molecule has 0 fully saturated rings. The van der Waals surface area contributed by atoms with E-state index in [1.807, 2.05) is 32.0 Å². The first kappa shape index (κ1) is 15.4. The van der Waals surface area contributed by atoms with E-state index in [9.17, 15) is 4.79 Å². The van der Waals surface area contributed by atoms with Gasteiger partial charge in [-0.05, 0) is 26.0 Å². The molecule has 0 saturated carbocycles. The van der Waals surface area contributed by atoms with Gasteiger partial charge in [0.05, 0.1) is 30.2 Å². The van der Waals surface area contributed by atoms with E-state index in [1.54, 1.807) is 12.1 Å². The first-order valence-corrected chi connectivity index (χ1v) is 6.74. The number of nitrogen functional groups attached to an aromatic ring is 1. The van der Waals surface area contributed by atoms with E-state index in [1.165, 1.54) is 17.9 Å². The number of esters is 1. The molecule has 0 atom stereocenters. The predicted molar refractivity (Wildman–Crippen MR) is 82.0 cm³/mol. The van der Waals surface area contributed by atoms with Gasteiger partial charge in [0.25, 0.3) is 0 Å². The zero-order valence-electron chi connectivity index (χ0n) is 12.7. The summed E-state index contributed by atoms with van der Waals surface area (Å²) in [6.45, 7) is 3.81. The molecule has 1 aromatic heterocycles. The Labute approximate surface area is 128 Å². The highest BCUT2D eigenvalue weighted by Crippen LogP contribution is 2.30. The molecule has 1 aromatic carbocycles. The lowest BCUT2D eigenvalue weighted by Crippen LogP contribution is -2.13. The maximum Gasteiger partial charge on any atom is 0.357 e. The molecule has 0 bridgehead atoms. The second kappa shape index (κ2) is 6.22. The zero-order chi connectivity index (χ0) is 16.3. The normalized spacial score (nSPS) is 10.3. The Morgan fingerprint density at radius 2 is 2.05 bits per heavy atom. The number of methoxy groups -OCH3 is 1. The van der Waals surface area contributed by atoms with E-state index in [4.69, 9.17) is 20.5 Å². The summed E-state index contributed by atoms with van der Waals surface area (Å²) in [6.07, 6.45) is 1.47. The maximum atomic E-state index is 12.0. The van der Waals surface area contributed by atoms with Gasteiger partial charge in [0.2, 0.25) is 0 Å². The number of nitrogens with two attached hydrogens (primary N) is 1. The van der Waals surface area contributed by atoms with Gasteiger partial charge in [0, 0.05) is 6.20 Å². The van der Waals surface area contributed by atoms with Crippen molar-refractivity contribution in [3.05, 3.63) is 41.7 Å². The number of carbonyl (C=O) groups excluding carboxylic acids is 1. The Morgan fingerprint density at radius 1 is 1.36 bits per heavy atom. The van der Waals surface area contributed by atoms with Crippen molar-refractivity contribution in [1.82, 2.24) is 4.57 Å². The van der Waals surface area contributed by atoms with Crippen LogP contribution in [0.5, 0.6) is 5.75 Å². The third kappa shape index (κ3) is 2.74. The van der Waals surface area contributed by atoms with Crippen molar-refractivity contribution >= 4 is 11.7 Å². The van der Waals surface area contributed by atoms with Crippen LogP contribution in [0.2, 0.25) is 0 Å². The van der Waals surface area contributed by atoms with Crippen molar-refractivity contribution in [1.29, 1.82) is 5.26 Å². The molecule has 114 valence electrons. The Bertz CT molecular complexity index is 742. The summed E-state index contributed by atoms with van der Waals surface area (Å²) in [6, 6.07) is 9.19. The van der Waals surface area contributed by atoms with E-state index < -0.39 is 5.97 Å². The van der Waals surface area contributed by atoms with Gasteiger partial charge < -0.3 is 19.8 Å². The molecule has 0 aliphatic heterocycles. The van der Waals surface area contributed by atoms with Crippen LogP contribution in [0, 0.1) is 11.3 Å². The van der Waals surface area contributed by atoms with Crippen LogP contribution < -0.4 is 10.5 Å². The van der Waals surface area contributed by atoms with E-state index in [0.717, 1.165) is 0 Å². The predicted octanol–water partition coefficient (Wildman–Crippen LogP) is 2.50. The number of nitriles is 1. The van der Waals surface area contributed by atoms with Crippen molar-refractivity contribution in [3.63, 3.8) is 0 Å². The smallest absolute Gasteiger partial charge is 0.357 e. The average Bonchev–Trinajstić information content (AvgIpc) is 2.83. The topological polar surface area (TPSA) is 90.3 Å². The molecule has 0 unspecified atom stereocenters. The number of aromatic nitrogens is 1. The third-order valence-corrected chi connectivity index (χ3v) is 3.03. The van der Waals surface area contributed by atoms with Crippen LogP contribution in [0.4, 0.5) is 5.69 Å². The number of hydrogen-bond acceptors (Lipinski definition) is 5. The first-order chi connectivity index (χ1) is 10.5. The van der Waals surface area contributed by atoms with Crippen molar-refractivity contribution in [2.75, 3.05) is 12.8 Å². The molecule has 0 spiro atoms.